The Labute approximate surface area is 154 Å². The predicted octanol–water partition coefficient (Wildman–Crippen LogP) is 3.21. The summed E-state index contributed by atoms with van der Waals surface area (Å²) in [7, 11) is 0. The molecule has 0 saturated carbocycles. The number of hydrogen-bond donors (Lipinski definition) is 1. The lowest BCUT2D eigenvalue weighted by Crippen LogP contribution is -2.29. The molecule has 1 aliphatic heterocycles. The van der Waals surface area contributed by atoms with Crippen LogP contribution in [-0.2, 0) is 26.1 Å². The molecule has 1 N–H and O–H groups in total. The van der Waals surface area contributed by atoms with Gasteiger partial charge in [0.2, 0.25) is 0 Å². The molecule has 0 spiro atoms. The van der Waals surface area contributed by atoms with E-state index < -0.39 is 0 Å². The summed E-state index contributed by atoms with van der Waals surface area (Å²) in [5, 5.41) is 11.7. The molecule has 4 rings (SSSR count). The van der Waals surface area contributed by atoms with Gasteiger partial charge in [0.25, 0.3) is 0 Å². The van der Waals surface area contributed by atoms with Crippen molar-refractivity contribution in [2.45, 2.75) is 32.5 Å². The second kappa shape index (κ2) is 8.15. The first-order valence-corrected chi connectivity index (χ1v) is 9.20. The van der Waals surface area contributed by atoms with Crippen LogP contribution in [0.15, 0.2) is 60.9 Å². The van der Waals surface area contributed by atoms with E-state index in [4.69, 9.17) is 4.74 Å². The van der Waals surface area contributed by atoms with Crippen molar-refractivity contribution in [2.75, 3.05) is 6.54 Å². The molecule has 0 fully saturated rings. The summed E-state index contributed by atoms with van der Waals surface area (Å²) in [5.74, 6) is 2.67. The molecule has 0 amide bonds. The number of nitrogens with zero attached hydrogens (tertiary/aromatic N) is 3. The van der Waals surface area contributed by atoms with Crippen LogP contribution in [-0.4, -0.2) is 21.3 Å². The highest BCUT2D eigenvalue weighted by Gasteiger charge is 2.18. The van der Waals surface area contributed by atoms with Gasteiger partial charge < -0.3 is 14.6 Å². The third-order valence-electron chi connectivity index (χ3n) is 4.86. The van der Waals surface area contributed by atoms with Gasteiger partial charge >= 0.3 is 0 Å². The van der Waals surface area contributed by atoms with Crippen LogP contribution in [0.4, 0.5) is 0 Å². The standard InChI is InChI=1S/C21H24N4O/c1-2-4-18(5-3-1)15-26-20-9-6-17(7-10-20)12-22-13-19-8-11-21-24-23-16-25(21)14-19/h1-7,9-10,16,19,22H,8,11-15H2/t19-/m0/s1. The van der Waals surface area contributed by atoms with E-state index in [2.05, 4.69) is 44.3 Å². The molecule has 0 bridgehead atoms. The van der Waals surface area contributed by atoms with E-state index in [9.17, 15) is 0 Å². The number of aryl methyl sites for hydroxylation is 1. The number of rotatable bonds is 7. The maximum Gasteiger partial charge on any atom is 0.132 e. The molecule has 5 heteroatoms. The van der Waals surface area contributed by atoms with Crippen molar-refractivity contribution in [1.29, 1.82) is 0 Å². The van der Waals surface area contributed by atoms with Crippen LogP contribution in [0.2, 0.25) is 0 Å². The normalized spacial score (nSPS) is 16.2. The Morgan fingerprint density at radius 3 is 2.73 bits per heavy atom. The molecule has 0 aliphatic carbocycles. The van der Waals surface area contributed by atoms with E-state index in [0.29, 0.717) is 12.5 Å². The Bertz CT molecular complexity index is 814. The fraction of sp³-hybridized carbons (Fsp3) is 0.333. The number of aromatic nitrogens is 3. The molecule has 3 aromatic rings. The first-order chi connectivity index (χ1) is 12.9. The first kappa shape index (κ1) is 16.8. The second-order valence-corrected chi connectivity index (χ2v) is 6.85. The highest BCUT2D eigenvalue weighted by Crippen LogP contribution is 2.18. The van der Waals surface area contributed by atoms with E-state index in [1.807, 2.05) is 36.7 Å². The minimum Gasteiger partial charge on any atom is -0.489 e. The third kappa shape index (κ3) is 4.29. The number of hydrogen-bond acceptors (Lipinski definition) is 4. The fourth-order valence-electron chi connectivity index (χ4n) is 3.36. The maximum absolute atomic E-state index is 5.84. The lowest BCUT2D eigenvalue weighted by molar-refractivity contribution is 0.306. The maximum atomic E-state index is 5.84. The number of benzene rings is 2. The Kier molecular flexibility index (Phi) is 5.26. The number of fused-ring (bicyclic) bond motifs is 1. The van der Waals surface area contributed by atoms with Gasteiger partial charge in [-0.2, -0.15) is 0 Å². The minimum absolute atomic E-state index is 0.602. The quantitative estimate of drug-likeness (QED) is 0.712. The van der Waals surface area contributed by atoms with Gasteiger partial charge in [-0.1, -0.05) is 42.5 Å². The number of ether oxygens (including phenoxy) is 1. The van der Waals surface area contributed by atoms with E-state index in [1.54, 1.807) is 0 Å². The Morgan fingerprint density at radius 2 is 1.88 bits per heavy atom. The molecule has 2 heterocycles. The minimum atomic E-state index is 0.602. The van der Waals surface area contributed by atoms with E-state index in [0.717, 1.165) is 37.6 Å². The molecule has 5 nitrogen and oxygen atoms in total. The van der Waals surface area contributed by atoms with Gasteiger partial charge in [-0.05, 0) is 42.1 Å². The fourth-order valence-corrected chi connectivity index (χ4v) is 3.36. The van der Waals surface area contributed by atoms with Crippen LogP contribution in [0.25, 0.3) is 0 Å². The van der Waals surface area contributed by atoms with Gasteiger partial charge in [0.05, 0.1) is 0 Å². The van der Waals surface area contributed by atoms with E-state index in [-0.39, 0.29) is 0 Å². The van der Waals surface area contributed by atoms with Crippen molar-refractivity contribution in [2.24, 2.45) is 5.92 Å². The zero-order valence-electron chi connectivity index (χ0n) is 14.8. The molecule has 26 heavy (non-hydrogen) atoms. The summed E-state index contributed by atoms with van der Waals surface area (Å²) >= 11 is 0. The molecule has 1 aliphatic rings. The summed E-state index contributed by atoms with van der Waals surface area (Å²) in [6.45, 7) is 3.52. The molecule has 1 atom stereocenters. The van der Waals surface area contributed by atoms with Gasteiger partial charge in [0, 0.05) is 19.5 Å². The summed E-state index contributed by atoms with van der Waals surface area (Å²) in [6, 6.07) is 18.6. The molecular weight excluding hydrogens is 324 g/mol. The van der Waals surface area contributed by atoms with Crippen LogP contribution >= 0.6 is 0 Å². The van der Waals surface area contributed by atoms with Crippen molar-refractivity contribution in [3.8, 4) is 5.75 Å². The van der Waals surface area contributed by atoms with Crippen molar-refractivity contribution in [3.05, 3.63) is 77.9 Å². The van der Waals surface area contributed by atoms with Gasteiger partial charge in [-0.3, -0.25) is 0 Å². The van der Waals surface area contributed by atoms with Crippen molar-refractivity contribution >= 4 is 0 Å². The number of nitrogens with one attached hydrogen (secondary N) is 1. The van der Waals surface area contributed by atoms with Crippen LogP contribution in [0.3, 0.4) is 0 Å². The van der Waals surface area contributed by atoms with Gasteiger partial charge in [0.1, 0.15) is 24.5 Å². The molecule has 2 aromatic carbocycles. The lowest BCUT2D eigenvalue weighted by Gasteiger charge is -2.23. The molecule has 0 radical (unpaired) electrons. The topological polar surface area (TPSA) is 52.0 Å². The molecular formula is C21H24N4O. The predicted molar refractivity (Wildman–Crippen MR) is 101 cm³/mol. The molecule has 1 aromatic heterocycles. The highest BCUT2D eigenvalue weighted by atomic mass is 16.5. The third-order valence-corrected chi connectivity index (χ3v) is 4.86. The van der Waals surface area contributed by atoms with Gasteiger partial charge in [-0.15, -0.1) is 10.2 Å². The van der Waals surface area contributed by atoms with Crippen LogP contribution in [0.1, 0.15) is 23.4 Å². The monoisotopic (exact) mass is 348 g/mol. The van der Waals surface area contributed by atoms with Crippen LogP contribution in [0, 0.1) is 5.92 Å². The van der Waals surface area contributed by atoms with Crippen LogP contribution < -0.4 is 10.1 Å². The van der Waals surface area contributed by atoms with Gasteiger partial charge in [-0.25, -0.2) is 0 Å². The first-order valence-electron chi connectivity index (χ1n) is 9.20. The molecule has 0 saturated heterocycles. The average molecular weight is 348 g/mol. The average Bonchev–Trinajstić information content (AvgIpc) is 3.16. The second-order valence-electron chi connectivity index (χ2n) is 6.85. The Hall–Kier alpha value is -2.66. The zero-order chi connectivity index (χ0) is 17.6. The summed E-state index contributed by atoms with van der Waals surface area (Å²) in [4.78, 5) is 0. The van der Waals surface area contributed by atoms with Crippen LogP contribution in [0.5, 0.6) is 5.75 Å². The SMILES string of the molecule is c1ccc(COc2ccc(CNC[C@@H]3CCc4nncn4C3)cc2)cc1. The Balaban J connectivity index is 1.21. The molecule has 134 valence electrons. The summed E-state index contributed by atoms with van der Waals surface area (Å²) < 4.78 is 8.01. The van der Waals surface area contributed by atoms with Crippen molar-refractivity contribution in [3.63, 3.8) is 0 Å². The molecule has 0 unspecified atom stereocenters. The van der Waals surface area contributed by atoms with Crippen molar-refractivity contribution in [1.82, 2.24) is 20.1 Å². The van der Waals surface area contributed by atoms with Gasteiger partial charge in [0.15, 0.2) is 0 Å². The zero-order valence-corrected chi connectivity index (χ0v) is 14.8. The van der Waals surface area contributed by atoms with E-state index >= 15 is 0 Å². The Morgan fingerprint density at radius 1 is 1.04 bits per heavy atom. The van der Waals surface area contributed by atoms with Crippen molar-refractivity contribution < 1.29 is 4.74 Å². The highest BCUT2D eigenvalue weighted by molar-refractivity contribution is 5.27. The van der Waals surface area contributed by atoms with E-state index in [1.165, 1.54) is 17.5 Å². The smallest absolute Gasteiger partial charge is 0.132 e. The summed E-state index contributed by atoms with van der Waals surface area (Å²) in [6.07, 6.45) is 4.05. The lowest BCUT2D eigenvalue weighted by atomic mass is 9.99. The largest absolute Gasteiger partial charge is 0.489 e. The summed E-state index contributed by atoms with van der Waals surface area (Å²) in [5.41, 5.74) is 2.46.